The van der Waals surface area contributed by atoms with E-state index in [4.69, 9.17) is 0 Å². The fraction of sp³-hybridized carbons (Fsp3) is 0.172. The number of aromatic amines is 2. The lowest BCUT2D eigenvalue weighted by Crippen LogP contribution is -2.18. The number of aliphatic hydroxyl groups is 1. The van der Waals surface area contributed by atoms with Crippen LogP contribution in [-0.4, -0.2) is 26.6 Å². The minimum absolute atomic E-state index is 0.0588. The summed E-state index contributed by atoms with van der Waals surface area (Å²) in [7, 11) is 0. The number of Topliss-reactive ketones (excluding diaryl/α,β-unsaturated/α-hetero) is 1. The van der Waals surface area contributed by atoms with Crippen LogP contribution in [0.25, 0.3) is 33.0 Å². The average Bonchev–Trinajstić information content (AvgIpc) is 3.43. The number of rotatable bonds is 5. The van der Waals surface area contributed by atoms with Gasteiger partial charge in [-0.15, -0.1) is 0 Å². The second-order valence-corrected chi connectivity index (χ2v) is 8.90. The highest BCUT2D eigenvalue weighted by Gasteiger charge is 2.34. The quantitative estimate of drug-likeness (QED) is 0.243. The molecule has 0 spiro atoms. The Morgan fingerprint density at radius 3 is 2.56 bits per heavy atom. The van der Waals surface area contributed by atoms with Crippen molar-refractivity contribution in [2.75, 3.05) is 0 Å². The number of hydrogen-bond acceptors (Lipinski definition) is 3. The third kappa shape index (κ3) is 3.32. The monoisotopic (exact) mass is 450 g/mol. The molecular formula is C29H26N2O3. The Morgan fingerprint density at radius 2 is 1.79 bits per heavy atom. The first-order valence-electron chi connectivity index (χ1n) is 11.5. The largest absolute Gasteiger partial charge is 0.504 e. The molecule has 170 valence electrons. The van der Waals surface area contributed by atoms with Crippen molar-refractivity contribution >= 4 is 44.5 Å². The zero-order valence-electron chi connectivity index (χ0n) is 19.4. The Kier molecular flexibility index (Phi) is 5.33. The Bertz CT molecular complexity index is 1560. The molecule has 4 aromatic rings. The molecule has 0 saturated heterocycles. The standard InChI is InChI=1S/C29H26N2O3/c1-4-5-9-17-10-8-12-18-21(15-30-27(17)18)20-14-23(32)25(29(34)28(20)33)24-19-11-6-7-13-22(19)31-26(24)16(2)3/h4-8,10-16,30-31,34H,9H2,1-3H3/b5-4+. The van der Waals surface area contributed by atoms with Gasteiger partial charge < -0.3 is 15.1 Å². The van der Waals surface area contributed by atoms with Gasteiger partial charge in [-0.05, 0) is 37.0 Å². The molecule has 0 bridgehead atoms. The van der Waals surface area contributed by atoms with Crippen LogP contribution in [0.5, 0.6) is 0 Å². The number of benzene rings is 2. The number of fused-ring (bicyclic) bond motifs is 2. The maximum atomic E-state index is 13.4. The van der Waals surface area contributed by atoms with E-state index in [0.29, 0.717) is 11.1 Å². The minimum Gasteiger partial charge on any atom is -0.504 e. The van der Waals surface area contributed by atoms with E-state index in [-0.39, 0.29) is 22.8 Å². The SMILES string of the molecule is C/C=C/Cc1cccc2c(C3=CC(=O)C(c4c(C(C)C)[nH]c5ccccc45)=C(O)C3=O)c[nH]c12. The molecule has 5 rings (SSSR count). The zero-order valence-corrected chi connectivity index (χ0v) is 19.4. The van der Waals surface area contributed by atoms with E-state index in [1.807, 2.05) is 69.3 Å². The van der Waals surface area contributed by atoms with E-state index < -0.39 is 11.5 Å². The van der Waals surface area contributed by atoms with Gasteiger partial charge in [0.05, 0.1) is 5.57 Å². The molecule has 0 atom stereocenters. The molecule has 2 heterocycles. The molecular weight excluding hydrogens is 424 g/mol. The van der Waals surface area contributed by atoms with Gasteiger partial charge >= 0.3 is 0 Å². The molecule has 0 saturated carbocycles. The van der Waals surface area contributed by atoms with Crippen molar-refractivity contribution in [2.45, 2.75) is 33.1 Å². The number of H-pyrrole nitrogens is 2. The summed E-state index contributed by atoms with van der Waals surface area (Å²) in [4.78, 5) is 33.5. The van der Waals surface area contributed by atoms with E-state index >= 15 is 0 Å². The van der Waals surface area contributed by atoms with Crippen molar-refractivity contribution in [2.24, 2.45) is 0 Å². The van der Waals surface area contributed by atoms with Crippen LogP contribution in [0, 0.1) is 0 Å². The molecule has 0 aliphatic heterocycles. The summed E-state index contributed by atoms with van der Waals surface area (Å²) in [5.74, 6) is -1.36. The number of allylic oxidation sites excluding steroid dienone is 5. The maximum Gasteiger partial charge on any atom is 0.228 e. The molecule has 2 aromatic heterocycles. The van der Waals surface area contributed by atoms with Crippen molar-refractivity contribution in [1.29, 1.82) is 0 Å². The van der Waals surface area contributed by atoms with E-state index in [9.17, 15) is 14.7 Å². The first-order valence-corrected chi connectivity index (χ1v) is 11.5. The lowest BCUT2D eigenvalue weighted by atomic mass is 9.85. The molecule has 0 amide bonds. The van der Waals surface area contributed by atoms with E-state index in [2.05, 4.69) is 16.0 Å². The molecule has 0 fully saturated rings. The van der Waals surface area contributed by atoms with Gasteiger partial charge in [-0.25, -0.2) is 0 Å². The molecule has 5 heteroatoms. The van der Waals surface area contributed by atoms with Gasteiger partial charge in [-0.1, -0.05) is 62.4 Å². The fourth-order valence-corrected chi connectivity index (χ4v) is 4.79. The van der Waals surface area contributed by atoms with Crippen molar-refractivity contribution in [1.82, 2.24) is 9.97 Å². The summed E-state index contributed by atoms with van der Waals surface area (Å²) in [5, 5.41) is 12.8. The number of aliphatic hydroxyl groups excluding tert-OH is 1. The highest BCUT2D eigenvalue weighted by molar-refractivity contribution is 6.46. The summed E-state index contributed by atoms with van der Waals surface area (Å²) < 4.78 is 0. The molecule has 1 aliphatic carbocycles. The normalized spacial score (nSPS) is 14.9. The third-order valence-corrected chi connectivity index (χ3v) is 6.45. The molecule has 2 aromatic carbocycles. The highest BCUT2D eigenvalue weighted by atomic mass is 16.3. The van der Waals surface area contributed by atoms with Crippen LogP contribution < -0.4 is 0 Å². The number of nitrogens with one attached hydrogen (secondary N) is 2. The number of hydrogen-bond donors (Lipinski definition) is 3. The lowest BCUT2D eigenvalue weighted by Gasteiger charge is -2.17. The molecule has 0 radical (unpaired) electrons. The summed E-state index contributed by atoms with van der Waals surface area (Å²) in [6.45, 7) is 6.00. The van der Waals surface area contributed by atoms with Crippen molar-refractivity contribution in [3.8, 4) is 0 Å². The van der Waals surface area contributed by atoms with Crippen LogP contribution >= 0.6 is 0 Å². The van der Waals surface area contributed by atoms with E-state index in [1.165, 1.54) is 6.08 Å². The van der Waals surface area contributed by atoms with Gasteiger partial charge in [-0.2, -0.15) is 0 Å². The average molecular weight is 451 g/mol. The Labute approximate surface area is 197 Å². The third-order valence-electron chi connectivity index (χ3n) is 6.45. The van der Waals surface area contributed by atoms with Crippen LogP contribution in [0.15, 0.2) is 72.6 Å². The maximum absolute atomic E-state index is 13.4. The van der Waals surface area contributed by atoms with Crippen molar-refractivity contribution in [3.05, 3.63) is 95.0 Å². The van der Waals surface area contributed by atoms with Gasteiger partial charge in [0.1, 0.15) is 0 Å². The predicted molar refractivity (Wildman–Crippen MR) is 137 cm³/mol. The number of ketones is 2. The molecule has 34 heavy (non-hydrogen) atoms. The summed E-state index contributed by atoms with van der Waals surface area (Å²) in [6, 6.07) is 13.5. The first-order chi connectivity index (χ1) is 16.4. The molecule has 0 unspecified atom stereocenters. The topological polar surface area (TPSA) is 85.9 Å². The lowest BCUT2D eigenvalue weighted by molar-refractivity contribution is -0.115. The molecule has 1 aliphatic rings. The van der Waals surface area contributed by atoms with E-state index in [1.54, 1.807) is 6.20 Å². The van der Waals surface area contributed by atoms with E-state index in [0.717, 1.165) is 39.5 Å². The summed E-state index contributed by atoms with van der Waals surface area (Å²) >= 11 is 0. The second kappa shape index (κ2) is 8.34. The van der Waals surface area contributed by atoms with Crippen molar-refractivity contribution in [3.63, 3.8) is 0 Å². The van der Waals surface area contributed by atoms with Crippen LogP contribution in [0.1, 0.15) is 49.1 Å². The van der Waals surface area contributed by atoms with Crippen LogP contribution in [0.2, 0.25) is 0 Å². The molecule has 3 N–H and O–H groups in total. The Hall–Kier alpha value is -4.12. The zero-order chi connectivity index (χ0) is 24.0. The first kappa shape index (κ1) is 21.7. The Morgan fingerprint density at radius 1 is 1.03 bits per heavy atom. The number of para-hydroxylation sites is 2. The van der Waals surface area contributed by atoms with Gasteiger partial charge in [0.15, 0.2) is 11.5 Å². The fourth-order valence-electron chi connectivity index (χ4n) is 4.79. The summed E-state index contributed by atoms with van der Waals surface area (Å²) in [5.41, 5.74) is 5.18. The smallest absolute Gasteiger partial charge is 0.228 e. The predicted octanol–water partition coefficient (Wildman–Crippen LogP) is 6.40. The minimum atomic E-state index is -0.547. The van der Waals surface area contributed by atoms with Crippen LogP contribution in [0.4, 0.5) is 0 Å². The highest BCUT2D eigenvalue weighted by Crippen LogP contribution is 2.39. The Balaban J connectivity index is 1.64. The van der Waals surface area contributed by atoms with Gasteiger partial charge in [0.2, 0.25) is 5.78 Å². The van der Waals surface area contributed by atoms with Gasteiger partial charge in [0, 0.05) is 50.4 Å². The second-order valence-electron chi connectivity index (χ2n) is 8.90. The summed E-state index contributed by atoms with van der Waals surface area (Å²) in [6.07, 6.45) is 7.93. The van der Waals surface area contributed by atoms with Crippen molar-refractivity contribution < 1.29 is 14.7 Å². The van der Waals surface area contributed by atoms with Gasteiger partial charge in [0.25, 0.3) is 0 Å². The van der Waals surface area contributed by atoms with Crippen LogP contribution in [-0.2, 0) is 16.0 Å². The van der Waals surface area contributed by atoms with Crippen LogP contribution in [0.3, 0.4) is 0 Å². The number of aromatic nitrogens is 2. The number of carbonyl (C=O) groups is 2. The number of carbonyl (C=O) groups excluding carboxylic acids is 2. The molecule has 5 nitrogen and oxygen atoms in total. The van der Waals surface area contributed by atoms with Gasteiger partial charge in [-0.3, -0.25) is 9.59 Å².